The van der Waals surface area contributed by atoms with Gasteiger partial charge in [0.15, 0.2) is 11.6 Å². The SMILES string of the molecule is Cc1cc2c(F)c(F)cc(-c3ccc(OCc4cccc(C(=O)N5CCC[C@H]5C(=O)O)c4)cc3)c2o1. The number of aliphatic carboxylic acids is 1. The summed E-state index contributed by atoms with van der Waals surface area (Å²) >= 11 is 0. The van der Waals surface area contributed by atoms with E-state index in [4.69, 9.17) is 9.15 Å². The molecule has 1 aliphatic heterocycles. The number of amides is 1. The van der Waals surface area contributed by atoms with Crippen LogP contribution in [0.25, 0.3) is 22.1 Å². The molecule has 0 unspecified atom stereocenters. The largest absolute Gasteiger partial charge is 0.489 e. The summed E-state index contributed by atoms with van der Waals surface area (Å²) in [6.45, 7) is 2.29. The molecule has 0 spiro atoms. The molecule has 1 saturated heterocycles. The van der Waals surface area contributed by atoms with Crippen molar-refractivity contribution in [1.29, 1.82) is 0 Å². The molecule has 3 aromatic carbocycles. The second kappa shape index (κ2) is 9.45. The van der Waals surface area contributed by atoms with Crippen LogP contribution >= 0.6 is 0 Å². The van der Waals surface area contributed by atoms with E-state index in [1.165, 1.54) is 11.0 Å². The fourth-order valence-electron chi connectivity index (χ4n) is 4.60. The van der Waals surface area contributed by atoms with E-state index in [0.29, 0.717) is 47.6 Å². The van der Waals surface area contributed by atoms with Crippen molar-refractivity contribution < 1.29 is 32.6 Å². The van der Waals surface area contributed by atoms with Gasteiger partial charge >= 0.3 is 5.97 Å². The van der Waals surface area contributed by atoms with E-state index in [2.05, 4.69) is 0 Å². The van der Waals surface area contributed by atoms with Crippen LogP contribution in [0, 0.1) is 18.6 Å². The molecule has 1 amide bonds. The smallest absolute Gasteiger partial charge is 0.326 e. The zero-order chi connectivity index (χ0) is 25.4. The highest BCUT2D eigenvalue weighted by Crippen LogP contribution is 2.35. The average molecular weight is 491 g/mol. The van der Waals surface area contributed by atoms with Crippen molar-refractivity contribution in [3.8, 4) is 16.9 Å². The number of likely N-dealkylation sites (tertiary alicyclic amines) is 1. The first-order valence-corrected chi connectivity index (χ1v) is 11.6. The monoisotopic (exact) mass is 491 g/mol. The van der Waals surface area contributed by atoms with Crippen molar-refractivity contribution in [3.63, 3.8) is 0 Å². The number of hydrogen-bond donors (Lipinski definition) is 1. The second-order valence-corrected chi connectivity index (χ2v) is 8.83. The third-order valence-corrected chi connectivity index (χ3v) is 6.36. The normalized spacial score (nSPS) is 15.4. The number of benzene rings is 3. The van der Waals surface area contributed by atoms with Gasteiger partial charge in [-0.1, -0.05) is 24.3 Å². The van der Waals surface area contributed by atoms with Crippen LogP contribution in [-0.4, -0.2) is 34.5 Å². The first-order valence-electron chi connectivity index (χ1n) is 11.6. The Bertz CT molecular complexity index is 1460. The fourth-order valence-corrected chi connectivity index (χ4v) is 4.60. The molecule has 1 atom stereocenters. The minimum absolute atomic E-state index is 0.0980. The maximum Gasteiger partial charge on any atom is 0.326 e. The van der Waals surface area contributed by atoms with Crippen molar-refractivity contribution >= 4 is 22.8 Å². The summed E-state index contributed by atoms with van der Waals surface area (Å²) < 4.78 is 39.8. The number of rotatable bonds is 6. The van der Waals surface area contributed by atoms with Gasteiger partial charge in [0.1, 0.15) is 29.7 Å². The first kappa shape index (κ1) is 23.5. The van der Waals surface area contributed by atoms with Gasteiger partial charge in [-0.3, -0.25) is 4.79 Å². The number of carbonyl (C=O) groups is 2. The molecule has 8 heteroatoms. The van der Waals surface area contributed by atoms with E-state index in [-0.39, 0.29) is 23.5 Å². The van der Waals surface area contributed by atoms with Crippen LogP contribution in [0.4, 0.5) is 8.78 Å². The molecule has 0 saturated carbocycles. The molecule has 0 bridgehead atoms. The number of nitrogens with zero attached hydrogens (tertiary/aromatic N) is 1. The Hall–Kier alpha value is -4.20. The zero-order valence-corrected chi connectivity index (χ0v) is 19.5. The first-order chi connectivity index (χ1) is 17.3. The summed E-state index contributed by atoms with van der Waals surface area (Å²) in [6, 6.07) is 15.6. The molecule has 36 heavy (non-hydrogen) atoms. The third kappa shape index (κ3) is 4.42. The Balaban J connectivity index is 1.30. The summed E-state index contributed by atoms with van der Waals surface area (Å²) in [4.78, 5) is 25.7. The van der Waals surface area contributed by atoms with Gasteiger partial charge in [0.05, 0.1) is 5.39 Å². The summed E-state index contributed by atoms with van der Waals surface area (Å²) in [5.74, 6) is -2.15. The van der Waals surface area contributed by atoms with Gasteiger partial charge in [0, 0.05) is 17.7 Å². The predicted molar refractivity (Wildman–Crippen MR) is 129 cm³/mol. The second-order valence-electron chi connectivity index (χ2n) is 8.83. The van der Waals surface area contributed by atoms with Gasteiger partial charge in [0.25, 0.3) is 5.91 Å². The molecule has 0 radical (unpaired) electrons. The number of carboxylic acid groups (broad SMARTS) is 1. The number of furan rings is 1. The predicted octanol–water partition coefficient (Wildman–Crippen LogP) is 5.95. The Morgan fingerprint density at radius 3 is 2.64 bits per heavy atom. The molecule has 2 heterocycles. The minimum Gasteiger partial charge on any atom is -0.489 e. The van der Waals surface area contributed by atoms with Gasteiger partial charge < -0.3 is 19.2 Å². The van der Waals surface area contributed by atoms with E-state index in [1.54, 1.807) is 49.4 Å². The maximum absolute atomic E-state index is 14.1. The topological polar surface area (TPSA) is 80.0 Å². The number of fused-ring (bicyclic) bond motifs is 1. The standard InChI is InChI=1S/C28H23F2NO5/c1-16-12-22-25(30)23(29)14-21(26(22)36-16)18-7-9-20(10-8-18)35-15-17-4-2-5-19(13-17)27(32)31-11-3-6-24(31)28(33)34/h2,4-5,7-10,12-14,24H,3,6,11,15H2,1H3,(H,33,34)/t24-/m0/s1. The van der Waals surface area contributed by atoms with Crippen LogP contribution in [-0.2, 0) is 11.4 Å². The molecule has 1 fully saturated rings. The van der Waals surface area contributed by atoms with E-state index < -0.39 is 23.6 Å². The maximum atomic E-state index is 14.1. The number of ether oxygens (including phenoxy) is 1. The molecule has 0 aliphatic carbocycles. The van der Waals surface area contributed by atoms with Gasteiger partial charge in [0.2, 0.25) is 0 Å². The Morgan fingerprint density at radius 2 is 1.89 bits per heavy atom. The van der Waals surface area contributed by atoms with Crippen LogP contribution in [0.1, 0.15) is 34.5 Å². The summed E-state index contributed by atoms with van der Waals surface area (Å²) in [5, 5.41) is 9.46. The van der Waals surface area contributed by atoms with Crippen LogP contribution < -0.4 is 4.74 Å². The van der Waals surface area contributed by atoms with Crippen molar-refractivity contribution in [2.24, 2.45) is 0 Å². The third-order valence-electron chi connectivity index (χ3n) is 6.36. The molecular formula is C28H23F2NO5. The van der Waals surface area contributed by atoms with Crippen LogP contribution in [0.15, 0.2) is 65.1 Å². The highest BCUT2D eigenvalue weighted by molar-refractivity contribution is 5.97. The lowest BCUT2D eigenvalue weighted by molar-refractivity contribution is -0.141. The summed E-state index contributed by atoms with van der Waals surface area (Å²) in [7, 11) is 0. The van der Waals surface area contributed by atoms with E-state index in [0.717, 1.165) is 11.6 Å². The molecule has 6 nitrogen and oxygen atoms in total. The van der Waals surface area contributed by atoms with E-state index >= 15 is 0 Å². The van der Waals surface area contributed by atoms with Crippen molar-refractivity contribution in [2.75, 3.05) is 6.54 Å². The molecule has 1 N–H and O–H groups in total. The quantitative estimate of drug-likeness (QED) is 0.360. The molecule has 4 aromatic rings. The fraction of sp³-hybridized carbons (Fsp3) is 0.214. The van der Waals surface area contributed by atoms with Crippen molar-refractivity contribution in [3.05, 3.63) is 89.2 Å². The summed E-state index contributed by atoms with van der Waals surface area (Å²) in [5.41, 5.74) is 2.54. The lowest BCUT2D eigenvalue weighted by Crippen LogP contribution is -2.40. The number of carboxylic acids is 1. The van der Waals surface area contributed by atoms with Gasteiger partial charge in [-0.25, -0.2) is 13.6 Å². The number of hydrogen-bond acceptors (Lipinski definition) is 4. The highest BCUT2D eigenvalue weighted by Gasteiger charge is 2.34. The van der Waals surface area contributed by atoms with Crippen LogP contribution in [0.2, 0.25) is 0 Å². The van der Waals surface area contributed by atoms with Gasteiger partial charge in [-0.2, -0.15) is 0 Å². The average Bonchev–Trinajstić information content (AvgIpc) is 3.52. The van der Waals surface area contributed by atoms with Gasteiger partial charge in [-0.05, 0) is 67.3 Å². The van der Waals surface area contributed by atoms with Crippen LogP contribution in [0.5, 0.6) is 5.75 Å². The number of carbonyl (C=O) groups excluding carboxylic acids is 1. The van der Waals surface area contributed by atoms with Crippen LogP contribution in [0.3, 0.4) is 0 Å². The molecule has 1 aliphatic rings. The Kier molecular flexibility index (Phi) is 6.18. The Labute approximate surface area is 205 Å². The molecular weight excluding hydrogens is 468 g/mol. The van der Waals surface area contributed by atoms with Crippen molar-refractivity contribution in [1.82, 2.24) is 4.90 Å². The lowest BCUT2D eigenvalue weighted by Gasteiger charge is -2.21. The Morgan fingerprint density at radius 1 is 1.11 bits per heavy atom. The number of aryl methyl sites for hydroxylation is 1. The van der Waals surface area contributed by atoms with E-state index in [9.17, 15) is 23.5 Å². The molecule has 5 rings (SSSR count). The minimum atomic E-state index is -0.991. The summed E-state index contributed by atoms with van der Waals surface area (Å²) in [6.07, 6.45) is 1.12. The zero-order valence-electron chi connectivity index (χ0n) is 19.5. The van der Waals surface area contributed by atoms with Crippen molar-refractivity contribution in [2.45, 2.75) is 32.4 Å². The lowest BCUT2D eigenvalue weighted by atomic mass is 10.0. The molecule has 1 aromatic heterocycles. The van der Waals surface area contributed by atoms with E-state index in [1.807, 2.05) is 6.07 Å². The highest BCUT2D eigenvalue weighted by atomic mass is 19.2. The molecule has 184 valence electrons. The number of halogens is 2. The van der Waals surface area contributed by atoms with Gasteiger partial charge in [-0.15, -0.1) is 0 Å².